The molecule has 3 aliphatic heterocycles. The number of fused-ring (bicyclic) bond motifs is 9. The first-order valence-electron chi connectivity index (χ1n) is 19.8. The molecule has 0 saturated heterocycles. The van der Waals surface area contributed by atoms with Crippen molar-refractivity contribution in [3.8, 4) is 0 Å². The molecular formula is C42H60N6. The van der Waals surface area contributed by atoms with Crippen LogP contribution in [0.5, 0.6) is 0 Å². The quantitative estimate of drug-likeness (QED) is 0.0569. The van der Waals surface area contributed by atoms with E-state index in [1.807, 2.05) is 0 Å². The van der Waals surface area contributed by atoms with Crippen LogP contribution in [-0.2, 0) is 19.3 Å². The molecule has 0 amide bonds. The fourth-order valence-corrected chi connectivity index (χ4v) is 8.84. The number of rotatable bonds is 15. The van der Waals surface area contributed by atoms with Crippen molar-refractivity contribution in [2.24, 2.45) is 0 Å². The highest BCUT2D eigenvalue weighted by molar-refractivity contribution is 6.31. The molecule has 258 valence electrons. The summed E-state index contributed by atoms with van der Waals surface area (Å²) in [5.74, 6) is 0. The van der Waals surface area contributed by atoms with E-state index in [2.05, 4.69) is 70.9 Å². The molecule has 0 unspecified atom stereocenters. The Bertz CT molecular complexity index is 1520. The molecule has 6 N–H and O–H groups in total. The molecule has 0 bridgehead atoms. The van der Waals surface area contributed by atoms with Crippen molar-refractivity contribution in [1.29, 1.82) is 0 Å². The van der Waals surface area contributed by atoms with Crippen molar-refractivity contribution in [1.82, 2.24) is 0 Å². The van der Waals surface area contributed by atoms with Crippen LogP contribution in [0.1, 0.15) is 115 Å². The smallest absolute Gasteiger partial charge is 0.0615 e. The Morgan fingerprint density at radius 3 is 0.958 bits per heavy atom. The highest BCUT2D eigenvalue weighted by atomic mass is 15.0. The maximum atomic E-state index is 3.90. The van der Waals surface area contributed by atoms with Crippen molar-refractivity contribution in [2.45, 2.75) is 117 Å². The van der Waals surface area contributed by atoms with Gasteiger partial charge in [-0.05, 0) is 106 Å². The maximum absolute atomic E-state index is 3.90. The number of hydrogen-bond donors (Lipinski definition) is 6. The van der Waals surface area contributed by atoms with E-state index in [9.17, 15) is 0 Å². The first-order chi connectivity index (χ1) is 23.7. The lowest BCUT2D eigenvalue weighted by molar-refractivity contribution is 0.668. The molecule has 4 aromatic carbocycles. The van der Waals surface area contributed by atoms with Gasteiger partial charge in [0, 0.05) is 39.3 Å². The molecule has 0 atom stereocenters. The summed E-state index contributed by atoms with van der Waals surface area (Å²) in [6, 6.07) is 7.58. The SMILES string of the molecule is CCCCCCc1c2c(cc3c1c1cc4c(c(CCCCCC)c1c1cc5c(c(CCCCCC)c31)NCCN5)NCCN4)NCCN2. The van der Waals surface area contributed by atoms with Crippen molar-refractivity contribution >= 4 is 66.4 Å². The third kappa shape index (κ3) is 6.32. The number of hydrogen-bond acceptors (Lipinski definition) is 6. The van der Waals surface area contributed by atoms with E-state index in [4.69, 9.17) is 0 Å². The third-order valence-electron chi connectivity index (χ3n) is 11.2. The third-order valence-corrected chi connectivity index (χ3v) is 11.2. The van der Waals surface area contributed by atoms with Crippen LogP contribution in [0, 0.1) is 0 Å². The lowest BCUT2D eigenvalue weighted by Crippen LogP contribution is -2.23. The van der Waals surface area contributed by atoms with Crippen molar-refractivity contribution in [2.75, 3.05) is 71.2 Å². The molecule has 0 aliphatic carbocycles. The number of aryl methyl sites for hydroxylation is 3. The van der Waals surface area contributed by atoms with Gasteiger partial charge in [-0.2, -0.15) is 0 Å². The van der Waals surface area contributed by atoms with Crippen molar-refractivity contribution in [3.63, 3.8) is 0 Å². The molecule has 0 saturated carbocycles. The summed E-state index contributed by atoms with van der Waals surface area (Å²) in [6.45, 7) is 12.8. The van der Waals surface area contributed by atoms with Gasteiger partial charge in [0.1, 0.15) is 0 Å². The monoisotopic (exact) mass is 648 g/mol. The molecule has 0 aromatic heterocycles. The van der Waals surface area contributed by atoms with Crippen LogP contribution in [0.3, 0.4) is 0 Å². The zero-order chi connectivity index (χ0) is 32.9. The zero-order valence-corrected chi connectivity index (χ0v) is 30.1. The van der Waals surface area contributed by atoms with Crippen LogP contribution in [0.4, 0.5) is 34.1 Å². The number of nitrogens with one attached hydrogen (secondary N) is 6. The Balaban J connectivity index is 1.60. The molecule has 0 spiro atoms. The first kappa shape index (κ1) is 33.0. The van der Waals surface area contributed by atoms with E-state index >= 15 is 0 Å². The molecular weight excluding hydrogens is 589 g/mol. The van der Waals surface area contributed by atoms with Crippen LogP contribution < -0.4 is 31.9 Å². The average Bonchev–Trinajstić information content (AvgIpc) is 3.12. The second kappa shape index (κ2) is 15.3. The van der Waals surface area contributed by atoms with Gasteiger partial charge in [0.15, 0.2) is 0 Å². The minimum atomic E-state index is 0.967. The lowest BCUT2D eigenvalue weighted by atomic mass is 9.82. The number of anilines is 6. The fourth-order valence-electron chi connectivity index (χ4n) is 8.84. The first-order valence-corrected chi connectivity index (χ1v) is 19.8. The van der Waals surface area contributed by atoms with E-state index in [0.29, 0.717) is 0 Å². The summed E-state index contributed by atoms with van der Waals surface area (Å²) in [5.41, 5.74) is 12.5. The molecule has 0 fully saturated rings. The predicted molar refractivity (Wildman–Crippen MR) is 213 cm³/mol. The van der Waals surface area contributed by atoms with Gasteiger partial charge in [0.25, 0.3) is 0 Å². The minimum Gasteiger partial charge on any atom is -0.382 e. The van der Waals surface area contributed by atoms with Crippen LogP contribution >= 0.6 is 0 Å². The summed E-state index contributed by atoms with van der Waals surface area (Å²) >= 11 is 0. The summed E-state index contributed by atoms with van der Waals surface area (Å²) < 4.78 is 0. The summed E-state index contributed by atoms with van der Waals surface area (Å²) in [5, 5.41) is 32.0. The predicted octanol–water partition coefficient (Wildman–Crippen LogP) is 11.0. The molecule has 48 heavy (non-hydrogen) atoms. The average molecular weight is 649 g/mol. The van der Waals surface area contributed by atoms with Crippen LogP contribution in [0.25, 0.3) is 32.3 Å². The second-order valence-electron chi connectivity index (χ2n) is 14.6. The molecule has 6 heteroatoms. The van der Waals surface area contributed by atoms with Gasteiger partial charge in [-0.15, -0.1) is 0 Å². The molecule has 7 rings (SSSR count). The highest BCUT2D eigenvalue weighted by Crippen LogP contribution is 2.51. The maximum Gasteiger partial charge on any atom is 0.0615 e. The van der Waals surface area contributed by atoms with E-state index < -0.39 is 0 Å². The zero-order valence-electron chi connectivity index (χ0n) is 30.1. The largest absolute Gasteiger partial charge is 0.382 e. The van der Waals surface area contributed by atoms with E-state index in [1.165, 1.54) is 160 Å². The molecule has 6 nitrogen and oxygen atoms in total. The van der Waals surface area contributed by atoms with Crippen LogP contribution in [-0.4, -0.2) is 39.3 Å². The van der Waals surface area contributed by atoms with Gasteiger partial charge in [0.05, 0.1) is 34.1 Å². The van der Waals surface area contributed by atoms with Gasteiger partial charge in [-0.1, -0.05) is 78.6 Å². The second-order valence-corrected chi connectivity index (χ2v) is 14.6. The van der Waals surface area contributed by atoms with Gasteiger partial charge < -0.3 is 31.9 Å². The van der Waals surface area contributed by atoms with Crippen molar-refractivity contribution < 1.29 is 0 Å². The molecule has 0 radical (unpaired) electrons. The summed E-state index contributed by atoms with van der Waals surface area (Å²) in [7, 11) is 0. The lowest BCUT2D eigenvalue weighted by Gasteiger charge is -2.31. The van der Waals surface area contributed by atoms with Gasteiger partial charge >= 0.3 is 0 Å². The summed E-state index contributed by atoms with van der Waals surface area (Å²) in [4.78, 5) is 0. The normalized spacial score (nSPS) is 15.1. The van der Waals surface area contributed by atoms with Crippen LogP contribution in [0.2, 0.25) is 0 Å². The van der Waals surface area contributed by atoms with Gasteiger partial charge in [0.2, 0.25) is 0 Å². The van der Waals surface area contributed by atoms with Crippen LogP contribution in [0.15, 0.2) is 18.2 Å². The molecule has 3 aliphatic rings. The van der Waals surface area contributed by atoms with E-state index in [1.54, 1.807) is 0 Å². The Morgan fingerprint density at radius 1 is 0.375 bits per heavy atom. The Kier molecular flexibility index (Phi) is 10.5. The van der Waals surface area contributed by atoms with E-state index in [0.717, 1.165) is 58.5 Å². The van der Waals surface area contributed by atoms with Crippen molar-refractivity contribution in [3.05, 3.63) is 34.9 Å². The topological polar surface area (TPSA) is 72.2 Å². The Hall–Kier alpha value is -3.54. The van der Waals surface area contributed by atoms with Gasteiger partial charge in [-0.25, -0.2) is 0 Å². The Morgan fingerprint density at radius 2 is 0.667 bits per heavy atom. The number of unbranched alkanes of at least 4 members (excludes halogenated alkanes) is 9. The fraction of sp³-hybridized carbons (Fsp3) is 0.571. The highest BCUT2D eigenvalue weighted by Gasteiger charge is 2.27. The molecule has 4 aromatic rings. The Labute approximate surface area is 289 Å². The molecule has 3 heterocycles. The minimum absolute atomic E-state index is 0.967. The van der Waals surface area contributed by atoms with Gasteiger partial charge in [-0.3, -0.25) is 0 Å². The summed E-state index contributed by atoms with van der Waals surface area (Å²) in [6.07, 6.45) is 18.6. The standard InChI is InChI=1S/C42H60N6/c1-4-7-10-13-16-28-37-31(25-34-40(28)46-22-19-43-34)38-29(17-14-11-8-5-2)42-36(45-21-24-48-42)27-33(38)39-30(18-15-12-9-6-3)41-35(26-32(37)39)44-20-23-47-41/h25-27,43-48H,4-24H2,1-3H3. The van der Waals surface area contributed by atoms with E-state index in [-0.39, 0.29) is 0 Å². The number of benzene rings is 4.